The average molecular weight is 206 g/mol. The van der Waals surface area contributed by atoms with Crippen LogP contribution in [0.1, 0.15) is 6.42 Å². The van der Waals surface area contributed by atoms with Crippen LogP contribution in [0.3, 0.4) is 0 Å². The number of hydrogen-bond acceptors (Lipinski definition) is 5. The maximum Gasteiger partial charge on any atom is 0.156 e. The summed E-state index contributed by atoms with van der Waals surface area (Å²) in [6.07, 6.45) is 4.33. The van der Waals surface area contributed by atoms with E-state index in [4.69, 9.17) is 0 Å². The first-order valence-electron chi connectivity index (χ1n) is 4.31. The molecule has 0 fully saturated rings. The molecule has 5 heteroatoms. The van der Waals surface area contributed by atoms with E-state index in [1.54, 1.807) is 11.8 Å². The molecule has 0 bridgehead atoms. The molecule has 1 N–H and O–H groups in total. The minimum atomic E-state index is 0.804. The Morgan fingerprint density at radius 3 is 3.21 bits per heavy atom. The van der Waals surface area contributed by atoms with Crippen LogP contribution >= 0.6 is 11.3 Å². The molecule has 2 aromatic heterocycles. The molecule has 0 spiro atoms. The van der Waals surface area contributed by atoms with Gasteiger partial charge in [-0.2, -0.15) is 0 Å². The lowest BCUT2D eigenvalue weighted by Crippen LogP contribution is -2.02. The van der Waals surface area contributed by atoms with Gasteiger partial charge in [0.15, 0.2) is 5.82 Å². The number of rotatable bonds is 4. The van der Waals surface area contributed by atoms with Crippen molar-refractivity contribution in [3.8, 4) is 0 Å². The monoisotopic (exact) mass is 206 g/mol. The Labute approximate surface area is 85.7 Å². The highest BCUT2D eigenvalue weighted by Gasteiger charge is 2.04. The number of aromatic nitrogens is 3. The van der Waals surface area contributed by atoms with Gasteiger partial charge in [-0.05, 0) is 6.42 Å². The molecule has 72 valence electrons. The maximum atomic E-state index is 4.20. The van der Waals surface area contributed by atoms with Crippen molar-refractivity contribution >= 4 is 27.5 Å². The summed E-state index contributed by atoms with van der Waals surface area (Å²) in [4.78, 5) is 13.4. The Kier molecular flexibility index (Phi) is 2.69. The second kappa shape index (κ2) is 4.15. The van der Waals surface area contributed by atoms with E-state index in [1.165, 1.54) is 11.3 Å². The van der Waals surface area contributed by atoms with Crippen LogP contribution in [-0.4, -0.2) is 21.5 Å². The Morgan fingerprint density at radius 2 is 2.36 bits per heavy atom. The lowest BCUT2D eigenvalue weighted by atomic mass is 10.4. The summed E-state index contributed by atoms with van der Waals surface area (Å²) in [5, 5.41) is 3.20. The number of thiazole rings is 1. The van der Waals surface area contributed by atoms with E-state index in [-0.39, 0.29) is 0 Å². The molecule has 0 aliphatic carbocycles. The standard InChI is InChI=1S/C9H10N4S/c1-2-3-4-10-8-7-9(12-5-11-8)14-6-13-7/h2,5-6H,1,3-4H2,(H,10,11,12). The van der Waals surface area contributed by atoms with Gasteiger partial charge in [-0.25, -0.2) is 15.0 Å². The maximum absolute atomic E-state index is 4.20. The van der Waals surface area contributed by atoms with Crippen molar-refractivity contribution in [2.45, 2.75) is 6.42 Å². The first kappa shape index (κ1) is 9.08. The Morgan fingerprint density at radius 1 is 1.43 bits per heavy atom. The summed E-state index contributed by atoms with van der Waals surface area (Å²) in [6.45, 7) is 4.48. The van der Waals surface area contributed by atoms with Gasteiger partial charge in [-0.15, -0.1) is 17.9 Å². The molecule has 4 nitrogen and oxygen atoms in total. The lowest BCUT2D eigenvalue weighted by molar-refractivity contribution is 1.05. The largest absolute Gasteiger partial charge is 0.368 e. The third-order valence-electron chi connectivity index (χ3n) is 1.78. The molecular formula is C9H10N4S. The summed E-state index contributed by atoms with van der Waals surface area (Å²) in [6, 6.07) is 0. The van der Waals surface area contributed by atoms with Gasteiger partial charge >= 0.3 is 0 Å². The predicted octanol–water partition coefficient (Wildman–Crippen LogP) is 2.07. The third-order valence-corrected chi connectivity index (χ3v) is 2.51. The number of nitrogens with zero attached hydrogens (tertiary/aromatic N) is 3. The van der Waals surface area contributed by atoms with E-state index < -0.39 is 0 Å². The molecule has 0 aromatic carbocycles. The molecule has 0 radical (unpaired) electrons. The van der Waals surface area contributed by atoms with Gasteiger partial charge in [0.05, 0.1) is 5.51 Å². The SMILES string of the molecule is C=CCCNc1ncnc2scnc12. The quantitative estimate of drug-likeness (QED) is 0.614. The Hall–Kier alpha value is -1.49. The van der Waals surface area contributed by atoms with Gasteiger partial charge in [0.2, 0.25) is 0 Å². The summed E-state index contributed by atoms with van der Waals surface area (Å²) in [5.41, 5.74) is 2.62. The summed E-state index contributed by atoms with van der Waals surface area (Å²) in [7, 11) is 0. The smallest absolute Gasteiger partial charge is 0.156 e. The molecule has 2 heterocycles. The van der Waals surface area contributed by atoms with E-state index in [0.29, 0.717) is 0 Å². The van der Waals surface area contributed by atoms with Crippen molar-refractivity contribution in [3.05, 3.63) is 24.5 Å². The first-order valence-corrected chi connectivity index (χ1v) is 5.18. The highest BCUT2D eigenvalue weighted by molar-refractivity contribution is 7.16. The fraction of sp³-hybridized carbons (Fsp3) is 0.222. The van der Waals surface area contributed by atoms with E-state index >= 15 is 0 Å². The molecule has 0 atom stereocenters. The normalized spacial score (nSPS) is 10.3. The van der Waals surface area contributed by atoms with Crippen LogP contribution in [0.15, 0.2) is 24.5 Å². The van der Waals surface area contributed by atoms with Crippen molar-refractivity contribution in [3.63, 3.8) is 0 Å². The summed E-state index contributed by atoms with van der Waals surface area (Å²) < 4.78 is 0. The van der Waals surface area contributed by atoms with Crippen molar-refractivity contribution in [1.29, 1.82) is 0 Å². The van der Waals surface area contributed by atoms with E-state index in [1.807, 2.05) is 6.08 Å². The van der Waals surface area contributed by atoms with Crippen LogP contribution in [0, 0.1) is 0 Å². The van der Waals surface area contributed by atoms with E-state index in [2.05, 4.69) is 26.8 Å². The van der Waals surface area contributed by atoms with Crippen LogP contribution in [0.5, 0.6) is 0 Å². The fourth-order valence-electron chi connectivity index (χ4n) is 1.12. The van der Waals surface area contributed by atoms with Crippen molar-refractivity contribution in [2.24, 2.45) is 0 Å². The topological polar surface area (TPSA) is 50.7 Å². The van der Waals surface area contributed by atoms with Crippen molar-refractivity contribution in [1.82, 2.24) is 15.0 Å². The van der Waals surface area contributed by atoms with Crippen molar-refractivity contribution in [2.75, 3.05) is 11.9 Å². The second-order valence-electron chi connectivity index (χ2n) is 2.73. The molecular weight excluding hydrogens is 196 g/mol. The summed E-state index contributed by atoms with van der Waals surface area (Å²) >= 11 is 1.52. The molecule has 0 saturated heterocycles. The molecule has 0 saturated carbocycles. The highest BCUT2D eigenvalue weighted by atomic mass is 32.1. The van der Waals surface area contributed by atoms with Gasteiger partial charge in [0, 0.05) is 6.54 Å². The number of nitrogens with one attached hydrogen (secondary N) is 1. The first-order chi connectivity index (χ1) is 6.92. The van der Waals surface area contributed by atoms with Crippen LogP contribution in [0.4, 0.5) is 5.82 Å². The zero-order chi connectivity index (χ0) is 9.80. The van der Waals surface area contributed by atoms with Crippen molar-refractivity contribution < 1.29 is 0 Å². The minimum absolute atomic E-state index is 0.804. The van der Waals surface area contributed by atoms with Crippen LogP contribution < -0.4 is 5.32 Å². The molecule has 0 amide bonds. The van der Waals surface area contributed by atoms with E-state index in [9.17, 15) is 0 Å². The van der Waals surface area contributed by atoms with Gasteiger partial charge in [-0.3, -0.25) is 0 Å². The zero-order valence-electron chi connectivity index (χ0n) is 7.60. The molecule has 2 aromatic rings. The lowest BCUT2D eigenvalue weighted by Gasteiger charge is -2.02. The second-order valence-corrected chi connectivity index (χ2v) is 3.57. The van der Waals surface area contributed by atoms with Gasteiger partial charge in [0.1, 0.15) is 16.7 Å². The molecule has 0 aliphatic heterocycles. The van der Waals surface area contributed by atoms with Crippen LogP contribution in [0.2, 0.25) is 0 Å². The zero-order valence-corrected chi connectivity index (χ0v) is 8.42. The Balaban J connectivity index is 2.23. The molecule has 14 heavy (non-hydrogen) atoms. The highest BCUT2D eigenvalue weighted by Crippen LogP contribution is 2.20. The molecule has 0 aliphatic rings. The number of hydrogen-bond donors (Lipinski definition) is 1. The van der Waals surface area contributed by atoms with Crippen LogP contribution in [0.25, 0.3) is 10.3 Å². The molecule has 2 rings (SSSR count). The average Bonchev–Trinajstić information content (AvgIpc) is 2.67. The number of fused-ring (bicyclic) bond motifs is 1. The Bertz CT molecular complexity index is 437. The van der Waals surface area contributed by atoms with Gasteiger partial charge in [0.25, 0.3) is 0 Å². The third kappa shape index (κ3) is 1.72. The molecule has 0 unspecified atom stereocenters. The number of anilines is 1. The van der Waals surface area contributed by atoms with E-state index in [0.717, 1.165) is 29.1 Å². The fourth-order valence-corrected chi connectivity index (χ4v) is 1.74. The van der Waals surface area contributed by atoms with Gasteiger partial charge < -0.3 is 5.32 Å². The van der Waals surface area contributed by atoms with Crippen LogP contribution in [-0.2, 0) is 0 Å². The predicted molar refractivity (Wildman–Crippen MR) is 58.5 cm³/mol. The van der Waals surface area contributed by atoms with Gasteiger partial charge in [-0.1, -0.05) is 6.08 Å². The minimum Gasteiger partial charge on any atom is -0.368 e. The summed E-state index contributed by atoms with van der Waals surface area (Å²) in [5.74, 6) is 0.804.